The van der Waals surface area contributed by atoms with Crippen LogP contribution in [0.3, 0.4) is 0 Å². The first kappa shape index (κ1) is 11.3. The van der Waals surface area contributed by atoms with Crippen molar-refractivity contribution in [1.82, 2.24) is 0 Å². The first-order chi connectivity index (χ1) is 5.52. The Bertz CT molecular complexity index is 173. The second-order valence-corrected chi connectivity index (χ2v) is 3.74. The van der Waals surface area contributed by atoms with Crippen molar-refractivity contribution in [2.45, 2.75) is 34.6 Å². The minimum atomic E-state index is 0.120. The van der Waals surface area contributed by atoms with Gasteiger partial charge in [0.05, 0.1) is 5.71 Å². The fraction of sp³-hybridized carbons (Fsp3) is 0.800. The Labute approximate surface area is 75.8 Å². The van der Waals surface area contributed by atoms with Gasteiger partial charge in [-0.15, -0.1) is 0 Å². The molecule has 0 aromatic heterocycles. The molecule has 2 nitrogen and oxygen atoms in total. The standard InChI is InChI=1S/C10H20N2/c1-6-11-8-9(12-7-2)10(3,4)5/h8H,6-7H2,1-5H3/b11-8+,12-9-. The molecule has 0 aromatic rings. The van der Waals surface area contributed by atoms with Crippen molar-refractivity contribution in [1.29, 1.82) is 0 Å². The van der Waals surface area contributed by atoms with E-state index in [1.54, 1.807) is 0 Å². The molecule has 0 rings (SSSR count). The van der Waals surface area contributed by atoms with E-state index in [2.05, 4.69) is 30.8 Å². The molecule has 0 saturated carbocycles. The van der Waals surface area contributed by atoms with Crippen LogP contribution >= 0.6 is 0 Å². The van der Waals surface area contributed by atoms with Gasteiger partial charge in [0, 0.05) is 24.7 Å². The lowest BCUT2D eigenvalue weighted by Gasteiger charge is -2.17. The summed E-state index contributed by atoms with van der Waals surface area (Å²) in [6.07, 6.45) is 1.89. The normalized spacial score (nSPS) is 14.2. The maximum Gasteiger partial charge on any atom is 0.0579 e. The summed E-state index contributed by atoms with van der Waals surface area (Å²) in [5.74, 6) is 0. The van der Waals surface area contributed by atoms with Gasteiger partial charge >= 0.3 is 0 Å². The number of nitrogens with zero attached hydrogens (tertiary/aromatic N) is 2. The Hall–Kier alpha value is -0.660. The van der Waals surface area contributed by atoms with Gasteiger partial charge in [-0.2, -0.15) is 0 Å². The summed E-state index contributed by atoms with van der Waals surface area (Å²) in [4.78, 5) is 8.60. The van der Waals surface area contributed by atoms with E-state index in [0.717, 1.165) is 18.8 Å². The van der Waals surface area contributed by atoms with Crippen molar-refractivity contribution in [3.05, 3.63) is 0 Å². The van der Waals surface area contributed by atoms with Crippen LogP contribution in [0, 0.1) is 5.41 Å². The third kappa shape index (κ3) is 4.27. The summed E-state index contributed by atoms with van der Waals surface area (Å²) in [5, 5.41) is 0. The zero-order chi connectivity index (χ0) is 9.61. The lowest BCUT2D eigenvalue weighted by atomic mass is 9.90. The van der Waals surface area contributed by atoms with Crippen LogP contribution in [-0.4, -0.2) is 25.0 Å². The Morgan fingerprint density at radius 3 is 2.08 bits per heavy atom. The molecule has 0 spiro atoms. The van der Waals surface area contributed by atoms with E-state index in [1.807, 2.05) is 20.1 Å². The zero-order valence-corrected chi connectivity index (χ0v) is 8.89. The van der Waals surface area contributed by atoms with E-state index in [9.17, 15) is 0 Å². The van der Waals surface area contributed by atoms with Gasteiger partial charge in [-0.05, 0) is 13.8 Å². The first-order valence-corrected chi connectivity index (χ1v) is 4.57. The smallest absolute Gasteiger partial charge is 0.0579 e. The average molecular weight is 168 g/mol. The quantitative estimate of drug-likeness (QED) is 0.579. The molecule has 0 heterocycles. The molecule has 0 fully saturated rings. The molecule has 0 bridgehead atoms. The lowest BCUT2D eigenvalue weighted by Crippen LogP contribution is -2.22. The molecular weight excluding hydrogens is 148 g/mol. The lowest BCUT2D eigenvalue weighted by molar-refractivity contribution is 0.596. The van der Waals surface area contributed by atoms with Gasteiger partial charge in [-0.3, -0.25) is 9.98 Å². The number of hydrogen-bond acceptors (Lipinski definition) is 2. The predicted molar refractivity (Wildman–Crippen MR) is 56.5 cm³/mol. The van der Waals surface area contributed by atoms with Crippen LogP contribution in [0.4, 0.5) is 0 Å². The molecule has 0 radical (unpaired) electrons. The minimum absolute atomic E-state index is 0.120. The largest absolute Gasteiger partial charge is 0.292 e. The second-order valence-electron chi connectivity index (χ2n) is 3.74. The maximum absolute atomic E-state index is 4.40. The molecule has 0 amide bonds. The Balaban J connectivity index is 4.46. The molecular formula is C10H20N2. The minimum Gasteiger partial charge on any atom is -0.292 e. The molecule has 0 N–H and O–H groups in total. The molecule has 0 aliphatic carbocycles. The number of hydrogen-bond donors (Lipinski definition) is 0. The van der Waals surface area contributed by atoms with E-state index < -0.39 is 0 Å². The summed E-state index contributed by atoms with van der Waals surface area (Å²) in [7, 11) is 0. The van der Waals surface area contributed by atoms with Crippen LogP contribution in [0.2, 0.25) is 0 Å². The maximum atomic E-state index is 4.40. The van der Waals surface area contributed by atoms with Gasteiger partial charge in [0.1, 0.15) is 0 Å². The highest BCUT2D eigenvalue weighted by Crippen LogP contribution is 2.14. The van der Waals surface area contributed by atoms with Crippen LogP contribution in [0.15, 0.2) is 9.98 Å². The summed E-state index contributed by atoms with van der Waals surface area (Å²) < 4.78 is 0. The van der Waals surface area contributed by atoms with Gasteiger partial charge in [0.2, 0.25) is 0 Å². The predicted octanol–water partition coefficient (Wildman–Crippen LogP) is 2.58. The Morgan fingerprint density at radius 1 is 1.17 bits per heavy atom. The van der Waals surface area contributed by atoms with Gasteiger partial charge in [0.15, 0.2) is 0 Å². The van der Waals surface area contributed by atoms with Crippen molar-refractivity contribution < 1.29 is 0 Å². The molecule has 2 heteroatoms. The highest BCUT2D eigenvalue weighted by atomic mass is 14.8. The van der Waals surface area contributed by atoms with Crippen molar-refractivity contribution in [3.8, 4) is 0 Å². The average Bonchev–Trinajstić information content (AvgIpc) is 1.95. The second kappa shape index (κ2) is 5.07. The van der Waals surface area contributed by atoms with Crippen molar-refractivity contribution >= 4 is 11.9 Å². The van der Waals surface area contributed by atoms with Gasteiger partial charge < -0.3 is 0 Å². The topological polar surface area (TPSA) is 24.7 Å². The highest BCUT2D eigenvalue weighted by molar-refractivity contribution is 6.32. The van der Waals surface area contributed by atoms with Crippen LogP contribution < -0.4 is 0 Å². The van der Waals surface area contributed by atoms with E-state index in [1.165, 1.54) is 0 Å². The van der Waals surface area contributed by atoms with Crippen LogP contribution in [0.25, 0.3) is 0 Å². The van der Waals surface area contributed by atoms with Gasteiger partial charge in [0.25, 0.3) is 0 Å². The van der Waals surface area contributed by atoms with Crippen LogP contribution in [0.1, 0.15) is 34.6 Å². The van der Waals surface area contributed by atoms with Gasteiger partial charge in [-0.25, -0.2) is 0 Å². The summed E-state index contributed by atoms with van der Waals surface area (Å²) in [6, 6.07) is 0. The van der Waals surface area contributed by atoms with Crippen LogP contribution in [0.5, 0.6) is 0 Å². The van der Waals surface area contributed by atoms with E-state index in [0.29, 0.717) is 0 Å². The Morgan fingerprint density at radius 2 is 1.75 bits per heavy atom. The van der Waals surface area contributed by atoms with E-state index in [-0.39, 0.29) is 5.41 Å². The number of rotatable bonds is 3. The molecule has 0 aliphatic heterocycles. The SMILES string of the molecule is CC/N=C/C(=N/CC)C(C)(C)C. The third-order valence-corrected chi connectivity index (χ3v) is 1.49. The molecule has 0 aromatic carbocycles. The van der Waals surface area contributed by atoms with Crippen molar-refractivity contribution in [2.75, 3.05) is 13.1 Å². The zero-order valence-electron chi connectivity index (χ0n) is 8.89. The van der Waals surface area contributed by atoms with E-state index >= 15 is 0 Å². The third-order valence-electron chi connectivity index (χ3n) is 1.49. The molecule has 0 aliphatic rings. The first-order valence-electron chi connectivity index (χ1n) is 4.57. The fourth-order valence-corrected chi connectivity index (χ4v) is 0.820. The summed E-state index contributed by atoms with van der Waals surface area (Å²) in [5.41, 5.74) is 1.21. The molecule has 0 unspecified atom stereocenters. The molecule has 0 atom stereocenters. The monoisotopic (exact) mass is 168 g/mol. The van der Waals surface area contributed by atoms with Crippen molar-refractivity contribution in [3.63, 3.8) is 0 Å². The van der Waals surface area contributed by atoms with Crippen molar-refractivity contribution in [2.24, 2.45) is 15.4 Å². The van der Waals surface area contributed by atoms with Crippen LogP contribution in [-0.2, 0) is 0 Å². The summed E-state index contributed by atoms with van der Waals surface area (Å²) in [6.45, 7) is 12.2. The van der Waals surface area contributed by atoms with Gasteiger partial charge in [-0.1, -0.05) is 20.8 Å². The number of aliphatic imine (C=N–C) groups is 2. The highest BCUT2D eigenvalue weighted by Gasteiger charge is 2.15. The molecule has 12 heavy (non-hydrogen) atoms. The van der Waals surface area contributed by atoms with E-state index in [4.69, 9.17) is 0 Å². The molecule has 70 valence electrons. The summed E-state index contributed by atoms with van der Waals surface area (Å²) >= 11 is 0. The Kier molecular flexibility index (Phi) is 4.79. The molecule has 0 saturated heterocycles. The fourth-order valence-electron chi connectivity index (χ4n) is 0.820.